The van der Waals surface area contributed by atoms with Gasteiger partial charge in [-0.1, -0.05) is 24.3 Å². The highest BCUT2D eigenvalue weighted by atomic mass is 16.1. The van der Waals surface area contributed by atoms with Gasteiger partial charge in [-0.05, 0) is 18.5 Å². The number of aromatic nitrogens is 2. The molecule has 1 aromatic carbocycles. The van der Waals surface area contributed by atoms with E-state index in [1.807, 2.05) is 30.3 Å². The first-order valence-corrected chi connectivity index (χ1v) is 7.57. The van der Waals surface area contributed by atoms with Crippen molar-refractivity contribution in [2.75, 3.05) is 38.1 Å². The summed E-state index contributed by atoms with van der Waals surface area (Å²) in [5, 5.41) is 2.11. The van der Waals surface area contributed by atoms with Gasteiger partial charge in [0.1, 0.15) is 11.5 Å². The zero-order valence-corrected chi connectivity index (χ0v) is 12.6. The molecule has 1 saturated heterocycles. The lowest BCUT2D eigenvalue weighted by Gasteiger charge is -2.33. The van der Waals surface area contributed by atoms with Crippen molar-refractivity contribution in [2.45, 2.75) is 0 Å². The van der Waals surface area contributed by atoms with Crippen molar-refractivity contribution in [1.29, 1.82) is 0 Å². The topological polar surface area (TPSA) is 40.9 Å². The number of anilines is 1. The number of benzene rings is 1. The fourth-order valence-corrected chi connectivity index (χ4v) is 3.01. The van der Waals surface area contributed by atoms with E-state index in [-0.39, 0.29) is 5.56 Å². The van der Waals surface area contributed by atoms with Gasteiger partial charge in [0.25, 0.3) is 5.56 Å². The second-order valence-electron chi connectivity index (χ2n) is 5.84. The number of fused-ring (bicyclic) bond motifs is 3. The average molecular weight is 294 g/mol. The first kappa shape index (κ1) is 13.3. The summed E-state index contributed by atoms with van der Waals surface area (Å²) in [6, 6.07) is 11.7. The first-order chi connectivity index (χ1) is 10.7. The molecular weight excluding hydrogens is 276 g/mol. The van der Waals surface area contributed by atoms with E-state index in [4.69, 9.17) is 4.98 Å². The predicted molar refractivity (Wildman–Crippen MR) is 88.7 cm³/mol. The van der Waals surface area contributed by atoms with E-state index in [1.165, 1.54) is 0 Å². The number of piperazine rings is 1. The third-order valence-electron chi connectivity index (χ3n) is 4.37. The third-order valence-corrected chi connectivity index (χ3v) is 4.37. The van der Waals surface area contributed by atoms with Crippen molar-refractivity contribution < 1.29 is 0 Å². The zero-order chi connectivity index (χ0) is 15.1. The van der Waals surface area contributed by atoms with Crippen LogP contribution in [0.4, 0.5) is 5.82 Å². The molecule has 5 nitrogen and oxygen atoms in total. The SMILES string of the molecule is CN1CCN(c2cc(=O)n3ccc4ccccc4c3n2)CC1. The number of nitrogens with zero attached hydrogens (tertiary/aromatic N) is 4. The molecule has 0 bridgehead atoms. The quantitative estimate of drug-likeness (QED) is 0.639. The van der Waals surface area contributed by atoms with Crippen molar-refractivity contribution in [3.05, 3.63) is 52.9 Å². The van der Waals surface area contributed by atoms with Crippen LogP contribution in [0.25, 0.3) is 16.4 Å². The molecule has 0 N–H and O–H groups in total. The number of hydrogen-bond acceptors (Lipinski definition) is 4. The minimum absolute atomic E-state index is 0.0234. The van der Waals surface area contributed by atoms with Gasteiger partial charge in [0.15, 0.2) is 0 Å². The summed E-state index contributed by atoms with van der Waals surface area (Å²) in [5.74, 6) is 0.787. The van der Waals surface area contributed by atoms with Gasteiger partial charge in [-0.15, -0.1) is 0 Å². The molecule has 22 heavy (non-hydrogen) atoms. The number of rotatable bonds is 1. The van der Waals surface area contributed by atoms with Crippen LogP contribution in [0, 0.1) is 0 Å². The Labute approximate surface area is 128 Å². The van der Waals surface area contributed by atoms with Crippen molar-refractivity contribution in [3.63, 3.8) is 0 Å². The number of likely N-dealkylation sites (N-methyl/N-ethyl adjacent to an activating group) is 1. The maximum Gasteiger partial charge on any atom is 0.259 e. The summed E-state index contributed by atoms with van der Waals surface area (Å²) in [7, 11) is 2.12. The molecule has 2 aromatic heterocycles. The molecule has 3 heterocycles. The summed E-state index contributed by atoms with van der Waals surface area (Å²) in [6.07, 6.45) is 1.81. The Kier molecular flexibility index (Phi) is 3.08. The normalized spacial score (nSPS) is 16.5. The van der Waals surface area contributed by atoms with Gasteiger partial charge in [0.05, 0.1) is 0 Å². The Balaban J connectivity index is 1.90. The van der Waals surface area contributed by atoms with Crippen LogP contribution in [-0.2, 0) is 0 Å². The van der Waals surface area contributed by atoms with Gasteiger partial charge in [-0.25, -0.2) is 4.98 Å². The Bertz CT molecular complexity index is 894. The molecule has 5 heteroatoms. The lowest BCUT2D eigenvalue weighted by Crippen LogP contribution is -2.45. The average Bonchev–Trinajstić information content (AvgIpc) is 2.55. The Hall–Kier alpha value is -2.40. The van der Waals surface area contributed by atoms with Gasteiger partial charge in [-0.2, -0.15) is 0 Å². The van der Waals surface area contributed by atoms with E-state index >= 15 is 0 Å². The molecule has 1 aliphatic heterocycles. The second-order valence-corrected chi connectivity index (χ2v) is 5.84. The highest BCUT2D eigenvalue weighted by molar-refractivity contribution is 5.94. The van der Waals surface area contributed by atoms with E-state index in [2.05, 4.69) is 16.8 Å². The van der Waals surface area contributed by atoms with Gasteiger partial charge in [0, 0.05) is 43.8 Å². The van der Waals surface area contributed by atoms with Crippen LogP contribution >= 0.6 is 0 Å². The molecule has 0 unspecified atom stereocenters. The maximum atomic E-state index is 12.4. The molecule has 0 atom stereocenters. The van der Waals surface area contributed by atoms with Gasteiger partial charge < -0.3 is 9.80 Å². The Morgan fingerprint density at radius 3 is 2.64 bits per heavy atom. The van der Waals surface area contributed by atoms with Crippen LogP contribution in [0.1, 0.15) is 0 Å². The minimum Gasteiger partial charge on any atom is -0.354 e. The monoisotopic (exact) mass is 294 g/mol. The van der Waals surface area contributed by atoms with E-state index in [1.54, 1.807) is 16.7 Å². The van der Waals surface area contributed by atoms with Crippen LogP contribution in [0.15, 0.2) is 47.4 Å². The fourth-order valence-electron chi connectivity index (χ4n) is 3.01. The van der Waals surface area contributed by atoms with E-state index in [0.29, 0.717) is 0 Å². The minimum atomic E-state index is -0.0234. The summed E-state index contributed by atoms with van der Waals surface area (Å²) in [6.45, 7) is 3.81. The van der Waals surface area contributed by atoms with Gasteiger partial charge >= 0.3 is 0 Å². The van der Waals surface area contributed by atoms with Crippen molar-refractivity contribution in [1.82, 2.24) is 14.3 Å². The summed E-state index contributed by atoms with van der Waals surface area (Å²) < 4.78 is 1.63. The zero-order valence-electron chi connectivity index (χ0n) is 12.6. The second kappa shape index (κ2) is 5.10. The molecule has 3 aromatic rings. The van der Waals surface area contributed by atoms with Crippen LogP contribution < -0.4 is 10.5 Å². The predicted octanol–water partition coefficient (Wildman–Crippen LogP) is 1.60. The largest absolute Gasteiger partial charge is 0.354 e. The molecule has 0 aliphatic carbocycles. The van der Waals surface area contributed by atoms with Crippen LogP contribution in [0.2, 0.25) is 0 Å². The molecule has 4 rings (SSSR count). The van der Waals surface area contributed by atoms with Gasteiger partial charge in [-0.3, -0.25) is 9.20 Å². The van der Waals surface area contributed by atoms with E-state index in [9.17, 15) is 4.79 Å². The first-order valence-electron chi connectivity index (χ1n) is 7.57. The molecule has 0 spiro atoms. The molecular formula is C17H18N4O. The smallest absolute Gasteiger partial charge is 0.259 e. The van der Waals surface area contributed by atoms with E-state index < -0.39 is 0 Å². The Morgan fingerprint density at radius 2 is 1.82 bits per heavy atom. The maximum absolute atomic E-state index is 12.4. The van der Waals surface area contributed by atoms with Crippen LogP contribution in [0.3, 0.4) is 0 Å². The summed E-state index contributed by atoms with van der Waals surface area (Å²) >= 11 is 0. The lowest BCUT2D eigenvalue weighted by molar-refractivity contribution is 0.312. The lowest BCUT2D eigenvalue weighted by atomic mass is 10.1. The number of hydrogen-bond donors (Lipinski definition) is 0. The van der Waals surface area contributed by atoms with Crippen molar-refractivity contribution >= 4 is 22.2 Å². The standard InChI is InChI=1S/C17H18N4O/c1-19-8-10-20(11-9-19)15-12-16(22)21-7-6-13-4-2-3-5-14(13)17(21)18-15/h2-7,12H,8-11H2,1H3. The molecule has 0 radical (unpaired) electrons. The Morgan fingerprint density at radius 1 is 1.05 bits per heavy atom. The molecule has 112 valence electrons. The highest BCUT2D eigenvalue weighted by Gasteiger charge is 2.17. The molecule has 1 aliphatic rings. The van der Waals surface area contributed by atoms with Crippen LogP contribution in [-0.4, -0.2) is 47.5 Å². The van der Waals surface area contributed by atoms with Crippen molar-refractivity contribution in [2.24, 2.45) is 0 Å². The molecule has 0 saturated carbocycles. The molecule has 0 amide bonds. The summed E-state index contributed by atoms with van der Waals surface area (Å²) in [5.41, 5.74) is 0.712. The highest BCUT2D eigenvalue weighted by Crippen LogP contribution is 2.20. The fraction of sp³-hybridized carbons (Fsp3) is 0.294. The van der Waals surface area contributed by atoms with Crippen LogP contribution in [0.5, 0.6) is 0 Å². The third kappa shape index (κ3) is 2.14. The van der Waals surface area contributed by atoms with E-state index in [0.717, 1.165) is 48.4 Å². The molecule has 1 fully saturated rings. The number of pyridine rings is 1. The summed E-state index contributed by atoms with van der Waals surface area (Å²) in [4.78, 5) is 21.7. The van der Waals surface area contributed by atoms with Gasteiger partial charge in [0.2, 0.25) is 0 Å². The van der Waals surface area contributed by atoms with Crippen molar-refractivity contribution in [3.8, 4) is 0 Å².